The van der Waals surface area contributed by atoms with E-state index in [-0.39, 0.29) is 0 Å². The minimum Gasteiger partial charge on any atom is -0.398 e. The molecule has 0 aliphatic heterocycles. The van der Waals surface area contributed by atoms with Crippen LogP contribution in [0.3, 0.4) is 0 Å². The molecular formula is C18H19N3. The highest BCUT2D eigenvalue weighted by atomic mass is 15.1. The SMILES string of the molecule is Cc1ccc(N(C)Cc2ccc(N)c3cccnc23)cc1. The first-order valence-corrected chi connectivity index (χ1v) is 7.05. The van der Waals surface area contributed by atoms with E-state index in [1.54, 1.807) is 0 Å². The Kier molecular flexibility index (Phi) is 3.48. The van der Waals surface area contributed by atoms with Crippen LogP contribution in [0.2, 0.25) is 0 Å². The van der Waals surface area contributed by atoms with Crippen LogP contribution in [-0.2, 0) is 6.54 Å². The molecule has 2 N–H and O–H groups in total. The largest absolute Gasteiger partial charge is 0.398 e. The van der Waals surface area contributed by atoms with Crippen molar-refractivity contribution in [2.45, 2.75) is 13.5 Å². The van der Waals surface area contributed by atoms with Crippen LogP contribution < -0.4 is 10.6 Å². The van der Waals surface area contributed by atoms with Gasteiger partial charge in [0.15, 0.2) is 0 Å². The van der Waals surface area contributed by atoms with E-state index in [1.165, 1.54) is 16.8 Å². The van der Waals surface area contributed by atoms with Gasteiger partial charge < -0.3 is 10.6 Å². The predicted octanol–water partition coefficient (Wildman–Crippen LogP) is 3.76. The van der Waals surface area contributed by atoms with Gasteiger partial charge in [0, 0.05) is 36.6 Å². The summed E-state index contributed by atoms with van der Waals surface area (Å²) in [6.07, 6.45) is 1.82. The lowest BCUT2D eigenvalue weighted by atomic mass is 10.1. The first-order valence-electron chi connectivity index (χ1n) is 7.05. The Hall–Kier alpha value is -2.55. The van der Waals surface area contributed by atoms with Crippen LogP contribution in [0.25, 0.3) is 10.9 Å². The number of pyridine rings is 1. The number of hydrogen-bond acceptors (Lipinski definition) is 3. The molecule has 1 heterocycles. The number of anilines is 2. The number of aryl methyl sites for hydroxylation is 1. The minimum atomic E-state index is 0.778. The van der Waals surface area contributed by atoms with Gasteiger partial charge in [-0.3, -0.25) is 4.98 Å². The molecule has 21 heavy (non-hydrogen) atoms. The van der Waals surface area contributed by atoms with Crippen molar-refractivity contribution < 1.29 is 0 Å². The topological polar surface area (TPSA) is 42.1 Å². The van der Waals surface area contributed by atoms with E-state index >= 15 is 0 Å². The third-order valence-electron chi connectivity index (χ3n) is 3.77. The van der Waals surface area contributed by atoms with Crippen LogP contribution in [0.5, 0.6) is 0 Å². The molecule has 0 atom stereocenters. The van der Waals surface area contributed by atoms with Gasteiger partial charge in [-0.1, -0.05) is 23.8 Å². The lowest BCUT2D eigenvalue weighted by molar-refractivity contribution is 0.927. The fraction of sp³-hybridized carbons (Fsp3) is 0.167. The van der Waals surface area contributed by atoms with Gasteiger partial charge in [-0.2, -0.15) is 0 Å². The summed E-state index contributed by atoms with van der Waals surface area (Å²) < 4.78 is 0. The molecule has 0 spiro atoms. The molecule has 0 saturated carbocycles. The number of aromatic nitrogens is 1. The van der Waals surface area contributed by atoms with E-state index in [0.717, 1.165) is 23.1 Å². The molecule has 0 unspecified atom stereocenters. The van der Waals surface area contributed by atoms with E-state index in [0.29, 0.717) is 0 Å². The predicted molar refractivity (Wildman–Crippen MR) is 89.4 cm³/mol. The highest BCUT2D eigenvalue weighted by Crippen LogP contribution is 2.25. The molecule has 0 amide bonds. The lowest BCUT2D eigenvalue weighted by Crippen LogP contribution is -2.16. The van der Waals surface area contributed by atoms with Crippen molar-refractivity contribution in [3.05, 3.63) is 65.9 Å². The fourth-order valence-corrected chi connectivity index (χ4v) is 2.53. The lowest BCUT2D eigenvalue weighted by Gasteiger charge is -2.20. The second kappa shape index (κ2) is 5.44. The average molecular weight is 277 g/mol. The van der Waals surface area contributed by atoms with E-state index in [1.807, 2.05) is 24.4 Å². The van der Waals surface area contributed by atoms with Gasteiger partial charge in [0.05, 0.1) is 5.52 Å². The van der Waals surface area contributed by atoms with E-state index in [4.69, 9.17) is 5.73 Å². The van der Waals surface area contributed by atoms with Gasteiger partial charge in [-0.25, -0.2) is 0 Å². The van der Waals surface area contributed by atoms with Crippen molar-refractivity contribution in [2.24, 2.45) is 0 Å². The molecule has 106 valence electrons. The van der Waals surface area contributed by atoms with Gasteiger partial charge in [0.1, 0.15) is 0 Å². The molecule has 0 aliphatic carbocycles. The van der Waals surface area contributed by atoms with E-state index in [2.05, 4.69) is 54.2 Å². The quantitative estimate of drug-likeness (QED) is 0.741. The molecule has 1 aromatic heterocycles. The maximum absolute atomic E-state index is 6.03. The highest BCUT2D eigenvalue weighted by molar-refractivity contribution is 5.92. The zero-order valence-electron chi connectivity index (χ0n) is 12.4. The number of rotatable bonds is 3. The number of hydrogen-bond donors (Lipinski definition) is 1. The summed E-state index contributed by atoms with van der Waals surface area (Å²) in [5.41, 5.74) is 11.4. The number of nitrogen functional groups attached to an aromatic ring is 1. The maximum Gasteiger partial charge on any atom is 0.0772 e. The smallest absolute Gasteiger partial charge is 0.0772 e. The van der Waals surface area contributed by atoms with Crippen LogP contribution >= 0.6 is 0 Å². The second-order valence-electron chi connectivity index (χ2n) is 5.41. The summed E-state index contributed by atoms with van der Waals surface area (Å²) in [6.45, 7) is 2.90. The first-order chi connectivity index (χ1) is 10.1. The number of nitrogens with zero attached hydrogens (tertiary/aromatic N) is 2. The van der Waals surface area contributed by atoms with Crippen molar-refractivity contribution in [2.75, 3.05) is 17.7 Å². The van der Waals surface area contributed by atoms with Crippen molar-refractivity contribution >= 4 is 22.3 Å². The summed E-state index contributed by atoms with van der Waals surface area (Å²) >= 11 is 0. The van der Waals surface area contributed by atoms with Gasteiger partial charge in [-0.15, -0.1) is 0 Å². The molecular weight excluding hydrogens is 258 g/mol. The third kappa shape index (κ3) is 2.68. The van der Waals surface area contributed by atoms with Crippen molar-refractivity contribution in [1.29, 1.82) is 0 Å². The Bertz CT molecular complexity index is 763. The molecule has 0 bridgehead atoms. The molecule has 3 rings (SSSR count). The number of fused-ring (bicyclic) bond motifs is 1. The first kappa shape index (κ1) is 13.4. The van der Waals surface area contributed by atoms with Crippen LogP contribution in [0, 0.1) is 6.92 Å². The standard InChI is InChI=1S/C18H19N3/c1-13-5-8-15(9-6-13)21(2)12-14-7-10-17(19)16-4-3-11-20-18(14)16/h3-11H,12,19H2,1-2H3. The summed E-state index contributed by atoms with van der Waals surface area (Å²) in [5.74, 6) is 0. The van der Waals surface area contributed by atoms with Crippen molar-refractivity contribution in [3.63, 3.8) is 0 Å². The second-order valence-corrected chi connectivity index (χ2v) is 5.41. The Morgan fingerprint density at radius 1 is 1.05 bits per heavy atom. The summed E-state index contributed by atoms with van der Waals surface area (Å²) in [7, 11) is 2.09. The Morgan fingerprint density at radius 2 is 1.81 bits per heavy atom. The molecule has 3 heteroatoms. The molecule has 0 fully saturated rings. The zero-order valence-corrected chi connectivity index (χ0v) is 12.4. The normalized spacial score (nSPS) is 10.8. The molecule has 0 saturated heterocycles. The van der Waals surface area contributed by atoms with Crippen LogP contribution in [0.1, 0.15) is 11.1 Å². The number of benzene rings is 2. The fourth-order valence-electron chi connectivity index (χ4n) is 2.53. The molecule has 0 aliphatic rings. The van der Waals surface area contributed by atoms with Crippen LogP contribution in [0.15, 0.2) is 54.7 Å². The van der Waals surface area contributed by atoms with Gasteiger partial charge in [0.2, 0.25) is 0 Å². The highest BCUT2D eigenvalue weighted by Gasteiger charge is 2.08. The zero-order chi connectivity index (χ0) is 14.8. The summed E-state index contributed by atoms with van der Waals surface area (Å²) in [6, 6.07) is 16.5. The molecule has 3 aromatic rings. The van der Waals surface area contributed by atoms with Gasteiger partial charge >= 0.3 is 0 Å². The number of nitrogens with two attached hydrogens (primary N) is 1. The van der Waals surface area contributed by atoms with Crippen molar-refractivity contribution in [3.8, 4) is 0 Å². The third-order valence-corrected chi connectivity index (χ3v) is 3.77. The minimum absolute atomic E-state index is 0.778. The Morgan fingerprint density at radius 3 is 2.57 bits per heavy atom. The maximum atomic E-state index is 6.03. The Balaban J connectivity index is 1.95. The molecule has 3 nitrogen and oxygen atoms in total. The van der Waals surface area contributed by atoms with Crippen molar-refractivity contribution in [1.82, 2.24) is 4.98 Å². The summed E-state index contributed by atoms with van der Waals surface area (Å²) in [4.78, 5) is 6.72. The monoisotopic (exact) mass is 277 g/mol. The molecule has 2 aromatic carbocycles. The van der Waals surface area contributed by atoms with Gasteiger partial charge in [-0.05, 0) is 42.8 Å². The Labute approximate surface area is 125 Å². The van der Waals surface area contributed by atoms with Crippen LogP contribution in [0.4, 0.5) is 11.4 Å². The van der Waals surface area contributed by atoms with E-state index < -0.39 is 0 Å². The molecule has 0 radical (unpaired) electrons. The van der Waals surface area contributed by atoms with E-state index in [9.17, 15) is 0 Å². The van der Waals surface area contributed by atoms with Gasteiger partial charge in [0.25, 0.3) is 0 Å². The average Bonchev–Trinajstić information content (AvgIpc) is 2.51. The van der Waals surface area contributed by atoms with Crippen LogP contribution in [-0.4, -0.2) is 12.0 Å². The summed E-state index contributed by atoms with van der Waals surface area (Å²) in [5, 5.41) is 1.02.